The minimum absolute atomic E-state index is 0.00420. The third-order valence-electron chi connectivity index (χ3n) is 4.31. The lowest BCUT2D eigenvalue weighted by Gasteiger charge is -2.30. The van der Waals surface area contributed by atoms with Crippen LogP contribution in [0.15, 0.2) is 4.79 Å². The van der Waals surface area contributed by atoms with E-state index >= 15 is 0 Å². The molecule has 0 spiro atoms. The van der Waals surface area contributed by atoms with E-state index in [9.17, 15) is 9.59 Å². The highest BCUT2D eigenvalue weighted by molar-refractivity contribution is 5.76. The maximum atomic E-state index is 12.1. The topological polar surface area (TPSA) is 101 Å². The standard InChI is InChI=1S/C15H24N4O2/c1-8-13(15(21)19-10(3)17-8)9(2)18-12-6-4-11(5-7-12)14(16)20/h9,11-12,18H,4-7H2,1-3H3,(H2,16,20)(H,17,19,21). The molecule has 1 aromatic heterocycles. The molecule has 0 aromatic carbocycles. The molecule has 4 N–H and O–H groups in total. The predicted molar refractivity (Wildman–Crippen MR) is 80.8 cm³/mol. The van der Waals surface area contributed by atoms with E-state index in [-0.39, 0.29) is 23.4 Å². The van der Waals surface area contributed by atoms with Gasteiger partial charge in [-0.05, 0) is 46.5 Å². The number of hydrogen-bond acceptors (Lipinski definition) is 4. The SMILES string of the molecule is Cc1nc(C)c(C(C)NC2CCC(C(N)=O)CC2)c(=O)[nH]1. The fourth-order valence-corrected chi connectivity index (χ4v) is 3.23. The number of aromatic nitrogens is 2. The molecule has 1 aromatic rings. The molecule has 1 fully saturated rings. The van der Waals surface area contributed by atoms with Gasteiger partial charge in [0.1, 0.15) is 5.82 Å². The van der Waals surface area contributed by atoms with Crippen LogP contribution in [0.4, 0.5) is 0 Å². The number of hydrogen-bond donors (Lipinski definition) is 3. The summed E-state index contributed by atoms with van der Waals surface area (Å²) in [4.78, 5) is 30.3. The number of primary amides is 1. The number of carbonyl (C=O) groups is 1. The minimum atomic E-state index is -0.198. The van der Waals surface area contributed by atoms with Gasteiger partial charge in [-0.25, -0.2) is 4.98 Å². The van der Waals surface area contributed by atoms with Crippen molar-refractivity contribution in [2.75, 3.05) is 0 Å². The third kappa shape index (κ3) is 3.69. The average Bonchev–Trinajstić information content (AvgIpc) is 2.37. The summed E-state index contributed by atoms with van der Waals surface area (Å²) in [5, 5.41) is 3.48. The molecule has 6 heteroatoms. The van der Waals surface area contributed by atoms with Gasteiger partial charge in [0.15, 0.2) is 0 Å². The smallest absolute Gasteiger partial charge is 0.255 e. The molecule has 1 aliphatic rings. The van der Waals surface area contributed by atoms with Gasteiger partial charge >= 0.3 is 0 Å². The normalized spacial score (nSPS) is 23.8. The van der Waals surface area contributed by atoms with E-state index < -0.39 is 0 Å². The molecular formula is C15H24N4O2. The van der Waals surface area contributed by atoms with E-state index in [1.807, 2.05) is 13.8 Å². The third-order valence-corrected chi connectivity index (χ3v) is 4.31. The van der Waals surface area contributed by atoms with Gasteiger partial charge in [0.05, 0.1) is 5.56 Å². The van der Waals surface area contributed by atoms with Gasteiger partial charge in [0.2, 0.25) is 5.91 Å². The largest absolute Gasteiger partial charge is 0.369 e. The lowest BCUT2D eigenvalue weighted by Crippen LogP contribution is -2.39. The van der Waals surface area contributed by atoms with Crippen LogP contribution >= 0.6 is 0 Å². The van der Waals surface area contributed by atoms with Crippen LogP contribution in [0.25, 0.3) is 0 Å². The maximum Gasteiger partial charge on any atom is 0.255 e. The Kier molecular flexibility index (Phi) is 4.77. The second-order valence-corrected chi connectivity index (χ2v) is 5.99. The van der Waals surface area contributed by atoms with Crippen molar-refractivity contribution in [3.05, 3.63) is 27.4 Å². The Balaban J connectivity index is 2.01. The van der Waals surface area contributed by atoms with Crippen LogP contribution in [-0.4, -0.2) is 21.9 Å². The van der Waals surface area contributed by atoms with Crippen molar-refractivity contribution in [2.45, 2.75) is 58.5 Å². The average molecular weight is 292 g/mol. The molecule has 0 radical (unpaired) electrons. The summed E-state index contributed by atoms with van der Waals surface area (Å²) in [7, 11) is 0. The zero-order chi connectivity index (χ0) is 15.6. The van der Waals surface area contributed by atoms with Crippen molar-refractivity contribution in [2.24, 2.45) is 11.7 Å². The van der Waals surface area contributed by atoms with Crippen LogP contribution in [-0.2, 0) is 4.79 Å². The van der Waals surface area contributed by atoms with Crippen molar-refractivity contribution in [3.8, 4) is 0 Å². The van der Waals surface area contributed by atoms with Crippen molar-refractivity contribution < 1.29 is 4.79 Å². The number of nitrogens with zero attached hydrogens (tertiary/aromatic N) is 1. The van der Waals surface area contributed by atoms with Gasteiger partial charge in [-0.15, -0.1) is 0 Å². The summed E-state index contributed by atoms with van der Waals surface area (Å²) >= 11 is 0. The van der Waals surface area contributed by atoms with Gasteiger partial charge in [0, 0.05) is 23.7 Å². The van der Waals surface area contributed by atoms with Gasteiger partial charge in [-0.1, -0.05) is 0 Å². The van der Waals surface area contributed by atoms with E-state index in [0.717, 1.165) is 31.4 Å². The molecule has 21 heavy (non-hydrogen) atoms. The molecule has 0 saturated heterocycles. The van der Waals surface area contributed by atoms with Gasteiger partial charge < -0.3 is 16.0 Å². The van der Waals surface area contributed by atoms with E-state index in [4.69, 9.17) is 5.73 Å². The number of carbonyl (C=O) groups excluding carboxylic acids is 1. The maximum absolute atomic E-state index is 12.1. The van der Waals surface area contributed by atoms with Crippen molar-refractivity contribution in [1.82, 2.24) is 15.3 Å². The molecule has 1 heterocycles. The van der Waals surface area contributed by atoms with Crippen LogP contribution in [0.2, 0.25) is 0 Å². The minimum Gasteiger partial charge on any atom is -0.369 e. The molecule has 1 unspecified atom stereocenters. The Labute approximate surface area is 124 Å². The number of H-pyrrole nitrogens is 1. The monoisotopic (exact) mass is 292 g/mol. The molecule has 0 bridgehead atoms. The molecule has 1 aliphatic carbocycles. The summed E-state index contributed by atoms with van der Waals surface area (Å²) in [5.74, 6) is 0.441. The first kappa shape index (κ1) is 15.7. The Morgan fingerprint density at radius 1 is 1.33 bits per heavy atom. The lowest BCUT2D eigenvalue weighted by molar-refractivity contribution is -0.122. The van der Waals surface area contributed by atoms with Crippen LogP contribution < -0.4 is 16.6 Å². The number of nitrogens with two attached hydrogens (primary N) is 1. The summed E-state index contributed by atoms with van der Waals surface area (Å²) in [6.07, 6.45) is 3.46. The molecule has 116 valence electrons. The molecular weight excluding hydrogens is 268 g/mol. The number of nitrogens with one attached hydrogen (secondary N) is 2. The number of aromatic amines is 1. The van der Waals surface area contributed by atoms with E-state index in [2.05, 4.69) is 15.3 Å². The van der Waals surface area contributed by atoms with Crippen LogP contribution in [0.5, 0.6) is 0 Å². The van der Waals surface area contributed by atoms with Gasteiger partial charge in [-0.2, -0.15) is 0 Å². The van der Waals surface area contributed by atoms with E-state index in [1.54, 1.807) is 6.92 Å². The molecule has 1 saturated carbocycles. The first-order valence-electron chi connectivity index (χ1n) is 7.51. The van der Waals surface area contributed by atoms with Gasteiger partial charge in [-0.3, -0.25) is 9.59 Å². The van der Waals surface area contributed by atoms with E-state index in [1.165, 1.54) is 0 Å². The molecule has 1 atom stereocenters. The Bertz CT molecular complexity index is 574. The summed E-state index contributed by atoms with van der Waals surface area (Å²) < 4.78 is 0. The molecule has 1 amide bonds. The molecule has 0 aliphatic heterocycles. The predicted octanol–water partition coefficient (Wildman–Crippen LogP) is 1.08. The zero-order valence-corrected chi connectivity index (χ0v) is 12.9. The Morgan fingerprint density at radius 2 is 1.95 bits per heavy atom. The highest BCUT2D eigenvalue weighted by Crippen LogP contribution is 2.25. The highest BCUT2D eigenvalue weighted by Gasteiger charge is 2.26. The Morgan fingerprint density at radius 3 is 2.48 bits per heavy atom. The fourth-order valence-electron chi connectivity index (χ4n) is 3.23. The van der Waals surface area contributed by atoms with Crippen LogP contribution in [0, 0.1) is 19.8 Å². The fraction of sp³-hybridized carbons (Fsp3) is 0.667. The number of rotatable bonds is 4. The summed E-state index contributed by atoms with van der Waals surface area (Å²) in [6, 6.07) is 0.257. The second-order valence-electron chi connectivity index (χ2n) is 5.99. The van der Waals surface area contributed by atoms with Crippen molar-refractivity contribution in [1.29, 1.82) is 0 Å². The first-order chi connectivity index (χ1) is 9.88. The lowest BCUT2D eigenvalue weighted by atomic mass is 9.85. The first-order valence-corrected chi connectivity index (χ1v) is 7.51. The molecule has 2 rings (SSSR count). The summed E-state index contributed by atoms with van der Waals surface area (Å²) in [5.41, 5.74) is 6.73. The Hall–Kier alpha value is -1.69. The zero-order valence-electron chi connectivity index (χ0n) is 12.9. The van der Waals surface area contributed by atoms with Gasteiger partial charge in [0.25, 0.3) is 5.56 Å². The van der Waals surface area contributed by atoms with Crippen LogP contribution in [0.3, 0.4) is 0 Å². The van der Waals surface area contributed by atoms with Crippen molar-refractivity contribution >= 4 is 5.91 Å². The number of amides is 1. The number of aryl methyl sites for hydroxylation is 2. The van der Waals surface area contributed by atoms with Crippen LogP contribution in [0.1, 0.15) is 55.7 Å². The quantitative estimate of drug-likeness (QED) is 0.773. The second kappa shape index (κ2) is 6.39. The van der Waals surface area contributed by atoms with E-state index in [0.29, 0.717) is 17.4 Å². The van der Waals surface area contributed by atoms with Crippen molar-refractivity contribution in [3.63, 3.8) is 0 Å². The highest BCUT2D eigenvalue weighted by atomic mass is 16.1. The summed E-state index contributed by atoms with van der Waals surface area (Å²) in [6.45, 7) is 5.62. The molecule has 6 nitrogen and oxygen atoms in total.